The van der Waals surface area contributed by atoms with Crippen LogP contribution in [0, 0.1) is 11.6 Å². The zero-order chi connectivity index (χ0) is 10.1. The first-order valence-corrected chi connectivity index (χ1v) is 3.51. The van der Waals surface area contributed by atoms with Gasteiger partial charge in [0.05, 0.1) is 12.1 Å². The van der Waals surface area contributed by atoms with Crippen molar-refractivity contribution in [1.82, 2.24) is 0 Å². The lowest BCUT2D eigenvalue weighted by atomic mass is 10.1. The Balaban J connectivity index is 0.00000169. The minimum atomic E-state index is -3.45. The number of hydrogen-bond donors (Lipinski definition) is 1. The third kappa shape index (κ3) is 2.59. The number of rotatable bonds is 2. The fraction of sp³-hybridized carbons (Fsp3) is 0.250. The molecule has 0 aliphatic rings. The van der Waals surface area contributed by atoms with Gasteiger partial charge in [0.15, 0.2) is 0 Å². The minimum absolute atomic E-state index is 0. The molecule has 0 amide bonds. The minimum Gasteiger partial charge on any atom is -0.325 e. The fourth-order valence-electron chi connectivity index (χ4n) is 0.896. The van der Waals surface area contributed by atoms with Crippen LogP contribution in [0.3, 0.4) is 0 Å². The number of nitrogens with two attached hydrogens (primary N) is 1. The van der Waals surface area contributed by atoms with Crippen molar-refractivity contribution in [3.8, 4) is 0 Å². The lowest BCUT2D eigenvalue weighted by Crippen LogP contribution is -2.26. The molecule has 1 aromatic rings. The van der Waals surface area contributed by atoms with Gasteiger partial charge < -0.3 is 5.73 Å². The number of hydrogen-bond acceptors (Lipinski definition) is 1. The molecule has 6 heteroatoms. The second kappa shape index (κ2) is 4.61. The van der Waals surface area contributed by atoms with Crippen LogP contribution < -0.4 is 5.73 Å². The molecule has 0 heterocycles. The largest absolute Gasteiger partial charge is 0.325 e. The van der Waals surface area contributed by atoms with Crippen LogP contribution in [0.25, 0.3) is 0 Å². The Hall–Kier alpha value is -0.810. The highest BCUT2D eigenvalue weighted by atomic mass is 35.5. The van der Waals surface area contributed by atoms with Gasteiger partial charge in [-0.05, 0) is 12.1 Å². The van der Waals surface area contributed by atoms with Gasteiger partial charge in [-0.2, -0.15) is 8.78 Å². The highest BCUT2D eigenvalue weighted by molar-refractivity contribution is 5.85. The summed E-state index contributed by atoms with van der Waals surface area (Å²) in [5.74, 6) is -5.62. The Labute approximate surface area is 84.3 Å². The first kappa shape index (κ1) is 13.2. The highest BCUT2D eigenvalue weighted by Gasteiger charge is 2.32. The molecular weight excluding hydrogens is 222 g/mol. The standard InChI is InChI=1S/C8H7F4N.ClH/c9-5-1-2-6(7(10)3-5)8(11,12)4-13;/h1-3H,4,13H2;1H. The third-order valence-electron chi connectivity index (χ3n) is 1.58. The molecule has 1 rings (SSSR count). The van der Waals surface area contributed by atoms with Crippen LogP contribution in [-0.2, 0) is 5.92 Å². The van der Waals surface area contributed by atoms with Crippen molar-refractivity contribution in [2.75, 3.05) is 6.54 Å². The molecule has 0 aliphatic heterocycles. The maximum Gasteiger partial charge on any atom is 0.288 e. The molecule has 0 unspecified atom stereocenters. The lowest BCUT2D eigenvalue weighted by molar-refractivity contribution is 0.00230. The van der Waals surface area contributed by atoms with Gasteiger partial charge in [-0.25, -0.2) is 8.78 Å². The maximum atomic E-state index is 12.8. The highest BCUT2D eigenvalue weighted by Crippen LogP contribution is 2.28. The Morgan fingerprint density at radius 2 is 1.79 bits per heavy atom. The molecule has 0 saturated carbocycles. The normalized spacial score (nSPS) is 10.9. The van der Waals surface area contributed by atoms with Gasteiger partial charge in [-0.1, -0.05) is 0 Å². The first-order chi connectivity index (χ1) is 5.97. The van der Waals surface area contributed by atoms with E-state index in [4.69, 9.17) is 5.73 Å². The molecule has 80 valence electrons. The summed E-state index contributed by atoms with van der Waals surface area (Å²) in [5.41, 5.74) is 3.86. The van der Waals surface area contributed by atoms with E-state index in [0.29, 0.717) is 12.1 Å². The predicted molar refractivity (Wildman–Crippen MR) is 46.6 cm³/mol. The Morgan fingerprint density at radius 3 is 2.21 bits per heavy atom. The van der Waals surface area contributed by atoms with E-state index in [9.17, 15) is 17.6 Å². The van der Waals surface area contributed by atoms with Crippen LogP contribution in [0.5, 0.6) is 0 Å². The van der Waals surface area contributed by atoms with Gasteiger partial charge in [0.1, 0.15) is 11.6 Å². The maximum absolute atomic E-state index is 12.8. The van der Waals surface area contributed by atoms with Crippen molar-refractivity contribution >= 4 is 12.4 Å². The van der Waals surface area contributed by atoms with Crippen molar-refractivity contribution in [3.63, 3.8) is 0 Å². The molecule has 0 aromatic heterocycles. The summed E-state index contributed by atoms with van der Waals surface area (Å²) in [6.07, 6.45) is 0. The molecule has 0 bridgehead atoms. The molecule has 0 radical (unpaired) electrons. The summed E-state index contributed by atoms with van der Waals surface area (Å²) in [4.78, 5) is 0. The van der Waals surface area contributed by atoms with Crippen LogP contribution in [-0.4, -0.2) is 6.54 Å². The summed E-state index contributed by atoms with van der Waals surface area (Å²) < 4.78 is 50.7. The molecule has 0 atom stereocenters. The van der Waals surface area contributed by atoms with Crippen molar-refractivity contribution in [3.05, 3.63) is 35.4 Å². The Morgan fingerprint density at radius 1 is 1.21 bits per heavy atom. The quantitative estimate of drug-likeness (QED) is 0.775. The summed E-state index contributed by atoms with van der Waals surface area (Å²) >= 11 is 0. The second-order valence-corrected chi connectivity index (χ2v) is 2.53. The molecule has 1 nitrogen and oxygen atoms in total. The molecule has 0 aliphatic carbocycles. The van der Waals surface area contributed by atoms with Crippen molar-refractivity contribution in [2.45, 2.75) is 5.92 Å². The molecule has 0 fully saturated rings. The number of alkyl halides is 2. The summed E-state index contributed by atoms with van der Waals surface area (Å²) in [6.45, 7) is -1.00. The van der Waals surface area contributed by atoms with E-state index in [2.05, 4.69) is 0 Å². The monoisotopic (exact) mass is 229 g/mol. The van der Waals surface area contributed by atoms with Crippen molar-refractivity contribution < 1.29 is 17.6 Å². The van der Waals surface area contributed by atoms with Gasteiger partial charge in [0.25, 0.3) is 5.92 Å². The van der Waals surface area contributed by atoms with Crippen molar-refractivity contribution in [2.24, 2.45) is 5.73 Å². The van der Waals surface area contributed by atoms with Gasteiger partial charge in [0, 0.05) is 6.07 Å². The van der Waals surface area contributed by atoms with Crippen LogP contribution in [0.1, 0.15) is 5.56 Å². The molecule has 1 aromatic carbocycles. The van der Waals surface area contributed by atoms with Gasteiger partial charge in [-0.3, -0.25) is 0 Å². The zero-order valence-corrected chi connectivity index (χ0v) is 7.75. The van der Waals surface area contributed by atoms with E-state index in [0.717, 1.165) is 6.07 Å². The van der Waals surface area contributed by atoms with E-state index in [1.165, 1.54) is 0 Å². The van der Waals surface area contributed by atoms with Crippen LogP contribution >= 0.6 is 12.4 Å². The molecule has 0 saturated heterocycles. The van der Waals surface area contributed by atoms with E-state index in [1.807, 2.05) is 0 Å². The average molecular weight is 230 g/mol. The van der Waals surface area contributed by atoms with E-state index in [1.54, 1.807) is 0 Å². The lowest BCUT2D eigenvalue weighted by Gasteiger charge is -2.14. The first-order valence-electron chi connectivity index (χ1n) is 3.51. The van der Waals surface area contributed by atoms with E-state index < -0.39 is 29.7 Å². The third-order valence-corrected chi connectivity index (χ3v) is 1.58. The molecule has 2 N–H and O–H groups in total. The number of benzene rings is 1. The molecule has 0 spiro atoms. The zero-order valence-electron chi connectivity index (χ0n) is 6.94. The van der Waals surface area contributed by atoms with Crippen LogP contribution in [0.2, 0.25) is 0 Å². The molecule has 14 heavy (non-hydrogen) atoms. The van der Waals surface area contributed by atoms with Crippen LogP contribution in [0.15, 0.2) is 18.2 Å². The summed E-state index contributed by atoms with van der Waals surface area (Å²) in [7, 11) is 0. The van der Waals surface area contributed by atoms with Gasteiger partial charge in [0.2, 0.25) is 0 Å². The average Bonchev–Trinajstić information content (AvgIpc) is 2.03. The summed E-state index contributed by atoms with van der Waals surface area (Å²) in [5, 5.41) is 0. The van der Waals surface area contributed by atoms with Crippen molar-refractivity contribution in [1.29, 1.82) is 0 Å². The summed E-state index contributed by atoms with van der Waals surface area (Å²) in [6, 6.07) is 1.86. The molecular formula is C8H8ClF4N. The van der Waals surface area contributed by atoms with Crippen LogP contribution in [0.4, 0.5) is 17.6 Å². The van der Waals surface area contributed by atoms with E-state index >= 15 is 0 Å². The predicted octanol–water partition coefficient (Wildman–Crippen LogP) is 2.44. The second-order valence-electron chi connectivity index (χ2n) is 2.53. The Kier molecular flexibility index (Phi) is 4.35. The fourth-order valence-corrected chi connectivity index (χ4v) is 0.896. The Bertz CT molecular complexity index is 316. The van der Waals surface area contributed by atoms with E-state index in [-0.39, 0.29) is 12.4 Å². The topological polar surface area (TPSA) is 26.0 Å². The number of halogens is 5. The van der Waals surface area contributed by atoms with Gasteiger partial charge in [-0.15, -0.1) is 12.4 Å². The smallest absolute Gasteiger partial charge is 0.288 e. The van der Waals surface area contributed by atoms with Gasteiger partial charge >= 0.3 is 0 Å². The SMILES string of the molecule is Cl.NCC(F)(F)c1ccc(F)cc1F.